The second kappa shape index (κ2) is 12.9. The first-order chi connectivity index (χ1) is 15.6. The lowest BCUT2D eigenvalue weighted by Crippen LogP contribution is -2.01. The van der Waals surface area contributed by atoms with Gasteiger partial charge in [0.25, 0.3) is 0 Å². The van der Waals surface area contributed by atoms with Crippen LogP contribution < -0.4 is 0 Å². The molecule has 0 atom stereocenters. The summed E-state index contributed by atoms with van der Waals surface area (Å²) in [6.07, 6.45) is 7.52. The van der Waals surface area contributed by atoms with Crippen molar-refractivity contribution in [3.63, 3.8) is 0 Å². The third-order valence-corrected chi connectivity index (χ3v) is 6.18. The number of aromatic nitrogens is 3. The molecule has 6 heteroatoms. The average molecular weight is 450 g/mol. The Labute approximate surface area is 194 Å². The Morgan fingerprint density at radius 3 is 2.53 bits per heavy atom. The van der Waals surface area contributed by atoms with Crippen molar-refractivity contribution in [2.75, 3.05) is 18.6 Å². The van der Waals surface area contributed by atoms with Crippen molar-refractivity contribution in [2.24, 2.45) is 0 Å². The van der Waals surface area contributed by atoms with E-state index >= 15 is 0 Å². The summed E-state index contributed by atoms with van der Waals surface area (Å²) in [5, 5.41) is 8.61. The number of rotatable bonds is 12. The van der Waals surface area contributed by atoms with Gasteiger partial charge in [-0.05, 0) is 42.9 Å². The van der Waals surface area contributed by atoms with Crippen molar-refractivity contribution in [2.45, 2.75) is 39.2 Å². The van der Waals surface area contributed by atoms with Gasteiger partial charge in [-0.2, -0.15) is 11.8 Å². The number of hydrogen-bond donors (Lipinski definition) is 0. The zero-order chi connectivity index (χ0) is 22.6. The summed E-state index contributed by atoms with van der Waals surface area (Å²) in [5.74, 6) is 1.55. The molecule has 1 heterocycles. The highest BCUT2D eigenvalue weighted by molar-refractivity contribution is 7.99. The Balaban J connectivity index is 1.38. The van der Waals surface area contributed by atoms with Gasteiger partial charge in [0.15, 0.2) is 0 Å². The van der Waals surface area contributed by atoms with Gasteiger partial charge in [-0.1, -0.05) is 71.5 Å². The van der Waals surface area contributed by atoms with Gasteiger partial charge >= 0.3 is 5.97 Å². The lowest BCUT2D eigenvalue weighted by molar-refractivity contribution is -0.140. The second-order valence-electron chi connectivity index (χ2n) is 7.74. The number of esters is 1. The van der Waals surface area contributed by atoms with E-state index in [4.69, 9.17) is 0 Å². The van der Waals surface area contributed by atoms with E-state index in [9.17, 15) is 4.79 Å². The highest BCUT2D eigenvalue weighted by Crippen LogP contribution is 2.19. The van der Waals surface area contributed by atoms with E-state index in [-0.39, 0.29) is 5.97 Å². The highest BCUT2D eigenvalue weighted by atomic mass is 32.2. The fraction of sp³-hybridized carbons (Fsp3) is 0.346. The van der Waals surface area contributed by atoms with Crippen LogP contribution in [-0.2, 0) is 28.9 Å². The monoisotopic (exact) mass is 449 g/mol. The summed E-state index contributed by atoms with van der Waals surface area (Å²) in [7, 11) is 1.43. The van der Waals surface area contributed by atoms with Gasteiger partial charge in [-0.25, -0.2) is 0 Å². The third-order valence-electron chi connectivity index (χ3n) is 5.28. The van der Waals surface area contributed by atoms with Crippen molar-refractivity contribution >= 4 is 17.7 Å². The summed E-state index contributed by atoms with van der Waals surface area (Å²) in [5.41, 5.74) is 6.14. The molecule has 3 rings (SSSR count). The van der Waals surface area contributed by atoms with Gasteiger partial charge in [-0.15, -0.1) is 5.10 Å². The van der Waals surface area contributed by atoms with Crippen molar-refractivity contribution < 1.29 is 9.53 Å². The van der Waals surface area contributed by atoms with E-state index < -0.39 is 0 Å². The van der Waals surface area contributed by atoms with E-state index in [0.29, 0.717) is 6.42 Å². The Bertz CT molecular complexity index is 997. The van der Waals surface area contributed by atoms with Crippen molar-refractivity contribution in [1.29, 1.82) is 0 Å². The molecule has 32 heavy (non-hydrogen) atoms. The van der Waals surface area contributed by atoms with Crippen LogP contribution in [-0.4, -0.2) is 39.6 Å². The molecule has 1 aromatic heterocycles. The molecule has 0 N–H and O–H groups in total. The number of thioether (sulfide) groups is 1. The Morgan fingerprint density at radius 1 is 1.03 bits per heavy atom. The number of methoxy groups -OCH3 is 1. The molecule has 0 amide bonds. The molecule has 0 aliphatic rings. The number of hydrogen-bond acceptors (Lipinski definition) is 5. The fourth-order valence-corrected chi connectivity index (χ4v) is 4.14. The Kier molecular flexibility index (Phi) is 9.57. The lowest BCUT2D eigenvalue weighted by atomic mass is 10.0. The maximum Gasteiger partial charge on any atom is 0.306 e. The van der Waals surface area contributed by atoms with Gasteiger partial charge in [-0.3, -0.25) is 9.48 Å². The maximum atomic E-state index is 11.1. The molecular formula is C26H31N3O2S. The zero-order valence-corrected chi connectivity index (χ0v) is 19.7. The SMILES string of the molecule is COC(=O)CCSCC=C(C)CCn1cc(CCc2ccc(-c3ccccc3)cc2)nn1. The number of carbonyl (C=O) groups is 1. The largest absolute Gasteiger partial charge is 0.469 e. The summed E-state index contributed by atoms with van der Waals surface area (Å²) >= 11 is 1.74. The number of ether oxygens (including phenoxy) is 1. The van der Waals surface area contributed by atoms with Crippen molar-refractivity contribution in [3.05, 3.63) is 83.7 Å². The van der Waals surface area contributed by atoms with Crippen molar-refractivity contribution in [1.82, 2.24) is 15.0 Å². The van der Waals surface area contributed by atoms with Gasteiger partial charge in [0.1, 0.15) is 0 Å². The van der Waals surface area contributed by atoms with Gasteiger partial charge in [0.2, 0.25) is 0 Å². The first kappa shape index (κ1) is 23.8. The number of aryl methyl sites for hydroxylation is 3. The van der Waals surface area contributed by atoms with Crippen LogP contribution in [0.15, 0.2) is 72.4 Å². The van der Waals surface area contributed by atoms with Crippen LogP contribution in [0.25, 0.3) is 11.1 Å². The molecule has 0 unspecified atom stereocenters. The van der Waals surface area contributed by atoms with E-state index in [1.54, 1.807) is 11.8 Å². The third kappa shape index (κ3) is 8.00. The molecule has 0 bridgehead atoms. The van der Waals surface area contributed by atoms with Crippen LogP contribution in [0.3, 0.4) is 0 Å². The molecular weight excluding hydrogens is 418 g/mol. The molecule has 0 spiro atoms. The Hall–Kier alpha value is -2.86. The molecule has 0 aliphatic heterocycles. The standard InChI is InChI=1S/C26H31N3O2S/c1-21(15-18-32-19-16-26(30)31-2)14-17-29-20-25(27-28-29)13-10-22-8-11-24(12-9-22)23-6-4-3-5-7-23/h3-9,11-12,15,20H,10,13-14,16-19H2,1-2H3. The normalized spacial score (nSPS) is 11.5. The summed E-state index contributed by atoms with van der Waals surface area (Å²) in [6, 6.07) is 19.2. The van der Waals surface area contributed by atoms with Crippen LogP contribution in [0.5, 0.6) is 0 Å². The molecule has 5 nitrogen and oxygen atoms in total. The lowest BCUT2D eigenvalue weighted by Gasteiger charge is -2.04. The van der Waals surface area contributed by atoms with Gasteiger partial charge < -0.3 is 4.74 Å². The zero-order valence-electron chi connectivity index (χ0n) is 18.9. The molecule has 0 saturated heterocycles. The predicted octanol–water partition coefficient (Wildman–Crippen LogP) is 5.36. The van der Waals surface area contributed by atoms with E-state index in [1.807, 2.05) is 10.7 Å². The minimum atomic E-state index is -0.149. The maximum absolute atomic E-state index is 11.1. The molecule has 3 aromatic rings. The van der Waals surface area contributed by atoms with Crippen molar-refractivity contribution in [3.8, 4) is 11.1 Å². The topological polar surface area (TPSA) is 57.0 Å². The molecule has 0 fully saturated rings. The van der Waals surface area contributed by atoms with Crippen LogP contribution >= 0.6 is 11.8 Å². The minimum absolute atomic E-state index is 0.149. The van der Waals surface area contributed by atoms with Gasteiger partial charge in [0, 0.05) is 24.2 Å². The van der Waals surface area contributed by atoms with Crippen LogP contribution in [0.1, 0.15) is 31.0 Å². The molecule has 0 aliphatic carbocycles. The number of allylic oxidation sites excluding steroid dienone is 1. The van der Waals surface area contributed by atoms with Crippen LogP contribution in [0.2, 0.25) is 0 Å². The van der Waals surface area contributed by atoms with E-state index in [2.05, 4.69) is 82.8 Å². The molecule has 2 aromatic carbocycles. The van der Waals surface area contributed by atoms with Crippen LogP contribution in [0.4, 0.5) is 0 Å². The van der Waals surface area contributed by atoms with E-state index in [1.165, 1.54) is 29.4 Å². The summed E-state index contributed by atoms with van der Waals surface area (Å²) < 4.78 is 6.57. The predicted molar refractivity (Wildman–Crippen MR) is 132 cm³/mol. The smallest absolute Gasteiger partial charge is 0.306 e. The van der Waals surface area contributed by atoms with E-state index in [0.717, 1.165) is 43.0 Å². The fourth-order valence-electron chi connectivity index (χ4n) is 3.26. The second-order valence-corrected chi connectivity index (χ2v) is 8.89. The quantitative estimate of drug-likeness (QED) is 0.212. The van der Waals surface area contributed by atoms with Gasteiger partial charge in [0.05, 0.1) is 19.2 Å². The Morgan fingerprint density at radius 2 is 1.78 bits per heavy atom. The first-order valence-electron chi connectivity index (χ1n) is 11.0. The molecule has 0 radical (unpaired) electrons. The minimum Gasteiger partial charge on any atom is -0.469 e. The highest BCUT2D eigenvalue weighted by Gasteiger charge is 2.04. The van der Waals surface area contributed by atoms with Crippen LogP contribution in [0, 0.1) is 0 Å². The summed E-state index contributed by atoms with van der Waals surface area (Å²) in [6.45, 7) is 2.96. The average Bonchev–Trinajstić information content (AvgIpc) is 3.30. The molecule has 168 valence electrons. The number of benzene rings is 2. The number of nitrogens with zero attached hydrogens (tertiary/aromatic N) is 3. The number of carbonyl (C=O) groups excluding carboxylic acids is 1. The summed E-state index contributed by atoms with van der Waals surface area (Å²) in [4.78, 5) is 11.1. The first-order valence-corrected chi connectivity index (χ1v) is 12.1. The molecule has 0 saturated carbocycles.